The molecular formula is C19H24BrN. The maximum Gasteiger partial charge on any atom is 0.0325 e. The molecule has 0 aromatic heterocycles. The SMILES string of the molecule is CCCCC(N[C@@H](C)c1cccc(Br)c1)c1ccccc1. The van der Waals surface area contributed by atoms with Crippen molar-refractivity contribution in [3.63, 3.8) is 0 Å². The van der Waals surface area contributed by atoms with Crippen LogP contribution in [0.5, 0.6) is 0 Å². The van der Waals surface area contributed by atoms with E-state index in [2.05, 4.69) is 89.7 Å². The molecule has 0 spiro atoms. The van der Waals surface area contributed by atoms with Crippen LogP contribution < -0.4 is 5.32 Å². The molecule has 2 rings (SSSR count). The van der Waals surface area contributed by atoms with Gasteiger partial charge >= 0.3 is 0 Å². The van der Waals surface area contributed by atoms with E-state index in [1.807, 2.05) is 0 Å². The first kappa shape index (κ1) is 16.3. The highest BCUT2D eigenvalue weighted by molar-refractivity contribution is 9.10. The number of halogens is 1. The Bertz CT molecular complexity index is 538. The van der Waals surface area contributed by atoms with Crippen LogP contribution in [0.3, 0.4) is 0 Å². The molecular weight excluding hydrogens is 322 g/mol. The highest BCUT2D eigenvalue weighted by Crippen LogP contribution is 2.25. The van der Waals surface area contributed by atoms with Crippen molar-refractivity contribution < 1.29 is 0 Å². The summed E-state index contributed by atoms with van der Waals surface area (Å²) in [7, 11) is 0. The molecule has 1 nitrogen and oxygen atoms in total. The van der Waals surface area contributed by atoms with Gasteiger partial charge in [-0.05, 0) is 36.6 Å². The maximum absolute atomic E-state index is 3.79. The molecule has 0 aliphatic heterocycles. The Morgan fingerprint density at radius 2 is 1.71 bits per heavy atom. The van der Waals surface area contributed by atoms with E-state index in [0.717, 1.165) is 4.47 Å². The van der Waals surface area contributed by atoms with Gasteiger partial charge in [0.25, 0.3) is 0 Å². The second-order valence-corrected chi connectivity index (χ2v) is 6.46. The van der Waals surface area contributed by atoms with E-state index in [0.29, 0.717) is 12.1 Å². The van der Waals surface area contributed by atoms with Crippen molar-refractivity contribution in [3.05, 3.63) is 70.2 Å². The zero-order valence-corrected chi connectivity index (χ0v) is 14.4. The van der Waals surface area contributed by atoms with Gasteiger partial charge in [0.2, 0.25) is 0 Å². The number of rotatable bonds is 7. The molecule has 0 radical (unpaired) electrons. The highest BCUT2D eigenvalue weighted by Gasteiger charge is 2.15. The summed E-state index contributed by atoms with van der Waals surface area (Å²) in [6.45, 7) is 4.49. The number of hydrogen-bond donors (Lipinski definition) is 1. The Balaban J connectivity index is 2.11. The molecule has 112 valence electrons. The van der Waals surface area contributed by atoms with Crippen LogP contribution in [0, 0.1) is 0 Å². The first-order valence-electron chi connectivity index (χ1n) is 7.77. The molecule has 0 heterocycles. The van der Waals surface area contributed by atoms with E-state index in [1.165, 1.54) is 30.4 Å². The van der Waals surface area contributed by atoms with Crippen LogP contribution in [-0.4, -0.2) is 0 Å². The van der Waals surface area contributed by atoms with Crippen molar-refractivity contribution in [1.29, 1.82) is 0 Å². The summed E-state index contributed by atoms with van der Waals surface area (Å²) in [5, 5.41) is 3.79. The molecule has 0 bridgehead atoms. The van der Waals surface area contributed by atoms with Crippen LogP contribution >= 0.6 is 15.9 Å². The van der Waals surface area contributed by atoms with Gasteiger partial charge in [-0.2, -0.15) is 0 Å². The minimum absolute atomic E-state index is 0.338. The molecule has 21 heavy (non-hydrogen) atoms. The Morgan fingerprint density at radius 3 is 2.38 bits per heavy atom. The van der Waals surface area contributed by atoms with Gasteiger partial charge in [0.05, 0.1) is 0 Å². The maximum atomic E-state index is 3.79. The fourth-order valence-electron chi connectivity index (χ4n) is 2.61. The Hall–Kier alpha value is -1.12. The van der Waals surface area contributed by atoms with Crippen molar-refractivity contribution in [2.45, 2.75) is 45.2 Å². The first-order chi connectivity index (χ1) is 10.2. The van der Waals surface area contributed by atoms with Gasteiger partial charge in [-0.15, -0.1) is 0 Å². The lowest BCUT2D eigenvalue weighted by Gasteiger charge is -2.24. The van der Waals surface area contributed by atoms with Crippen molar-refractivity contribution in [2.24, 2.45) is 0 Å². The van der Waals surface area contributed by atoms with E-state index in [1.54, 1.807) is 0 Å². The fourth-order valence-corrected chi connectivity index (χ4v) is 3.03. The topological polar surface area (TPSA) is 12.0 Å². The van der Waals surface area contributed by atoms with Gasteiger partial charge in [-0.3, -0.25) is 0 Å². The molecule has 2 atom stereocenters. The summed E-state index contributed by atoms with van der Waals surface area (Å²) < 4.78 is 1.14. The molecule has 2 heteroatoms. The molecule has 0 aliphatic carbocycles. The van der Waals surface area contributed by atoms with Gasteiger partial charge in [-0.25, -0.2) is 0 Å². The van der Waals surface area contributed by atoms with Crippen molar-refractivity contribution in [3.8, 4) is 0 Å². The number of unbranched alkanes of at least 4 members (excludes halogenated alkanes) is 1. The quantitative estimate of drug-likeness (QED) is 0.645. The lowest BCUT2D eigenvalue weighted by molar-refractivity contribution is 0.431. The number of hydrogen-bond acceptors (Lipinski definition) is 1. The molecule has 0 aliphatic rings. The van der Waals surface area contributed by atoms with Crippen molar-refractivity contribution in [1.82, 2.24) is 5.32 Å². The average molecular weight is 346 g/mol. The predicted molar refractivity (Wildman–Crippen MR) is 94.4 cm³/mol. The van der Waals surface area contributed by atoms with E-state index in [-0.39, 0.29) is 0 Å². The summed E-state index contributed by atoms with van der Waals surface area (Å²) in [5.41, 5.74) is 2.70. The molecule has 0 amide bonds. The summed E-state index contributed by atoms with van der Waals surface area (Å²) in [6, 6.07) is 20.1. The Labute approximate surface area is 136 Å². The van der Waals surface area contributed by atoms with Crippen LogP contribution in [0.15, 0.2) is 59.1 Å². The van der Waals surface area contributed by atoms with Crippen LogP contribution in [0.4, 0.5) is 0 Å². The lowest BCUT2D eigenvalue weighted by atomic mass is 9.99. The summed E-state index contributed by atoms with van der Waals surface area (Å²) >= 11 is 3.56. The third kappa shape index (κ3) is 4.98. The second kappa shape index (κ2) is 8.35. The van der Waals surface area contributed by atoms with Gasteiger partial charge in [0.1, 0.15) is 0 Å². The molecule has 2 aromatic rings. The second-order valence-electron chi connectivity index (χ2n) is 5.55. The molecule has 0 saturated carbocycles. The van der Waals surface area contributed by atoms with Crippen molar-refractivity contribution in [2.75, 3.05) is 0 Å². The van der Waals surface area contributed by atoms with E-state index in [9.17, 15) is 0 Å². The Kier molecular flexibility index (Phi) is 6.47. The summed E-state index contributed by atoms with van der Waals surface area (Å²) in [5.74, 6) is 0. The normalized spacial score (nSPS) is 13.9. The van der Waals surface area contributed by atoms with E-state index >= 15 is 0 Å². The fraction of sp³-hybridized carbons (Fsp3) is 0.368. The molecule has 1 unspecified atom stereocenters. The highest BCUT2D eigenvalue weighted by atomic mass is 79.9. The van der Waals surface area contributed by atoms with E-state index in [4.69, 9.17) is 0 Å². The van der Waals surface area contributed by atoms with Gasteiger partial charge < -0.3 is 5.32 Å². The minimum Gasteiger partial charge on any atom is -0.303 e. The molecule has 2 aromatic carbocycles. The summed E-state index contributed by atoms with van der Waals surface area (Å²) in [6.07, 6.45) is 3.66. The van der Waals surface area contributed by atoms with E-state index < -0.39 is 0 Å². The van der Waals surface area contributed by atoms with Gasteiger partial charge in [-0.1, -0.05) is 78.2 Å². The average Bonchev–Trinajstić information content (AvgIpc) is 2.52. The van der Waals surface area contributed by atoms with Crippen LogP contribution in [0.2, 0.25) is 0 Å². The Morgan fingerprint density at radius 1 is 1.00 bits per heavy atom. The molecule has 0 fully saturated rings. The predicted octanol–water partition coefficient (Wildman–Crippen LogP) is 6.03. The van der Waals surface area contributed by atoms with Crippen LogP contribution in [0.25, 0.3) is 0 Å². The van der Waals surface area contributed by atoms with Gasteiger partial charge in [0, 0.05) is 16.6 Å². The van der Waals surface area contributed by atoms with Gasteiger partial charge in [0.15, 0.2) is 0 Å². The smallest absolute Gasteiger partial charge is 0.0325 e. The monoisotopic (exact) mass is 345 g/mol. The third-order valence-electron chi connectivity index (χ3n) is 3.85. The minimum atomic E-state index is 0.338. The lowest BCUT2D eigenvalue weighted by Crippen LogP contribution is -2.24. The number of benzene rings is 2. The molecule has 1 N–H and O–H groups in total. The standard InChI is InChI=1S/C19H24BrN/c1-3-4-13-19(16-9-6-5-7-10-16)21-15(2)17-11-8-12-18(20)14-17/h5-12,14-15,19,21H,3-4,13H2,1-2H3/t15-,19?/m0/s1. The summed E-state index contributed by atoms with van der Waals surface area (Å²) in [4.78, 5) is 0. The van der Waals surface area contributed by atoms with Crippen LogP contribution in [-0.2, 0) is 0 Å². The largest absolute Gasteiger partial charge is 0.303 e. The zero-order chi connectivity index (χ0) is 15.1. The van der Waals surface area contributed by atoms with Crippen LogP contribution in [0.1, 0.15) is 56.3 Å². The zero-order valence-electron chi connectivity index (χ0n) is 12.9. The number of nitrogens with one attached hydrogen (secondary N) is 1. The first-order valence-corrected chi connectivity index (χ1v) is 8.56. The third-order valence-corrected chi connectivity index (χ3v) is 4.34. The van der Waals surface area contributed by atoms with Crippen molar-refractivity contribution >= 4 is 15.9 Å². The molecule has 0 saturated heterocycles.